The van der Waals surface area contributed by atoms with Gasteiger partial charge < -0.3 is 4.74 Å². The lowest BCUT2D eigenvalue weighted by atomic mass is 10.2. The molecule has 0 saturated heterocycles. The molecule has 0 N–H and O–H groups in total. The van der Waals surface area contributed by atoms with E-state index in [1.165, 1.54) is 0 Å². The van der Waals surface area contributed by atoms with Crippen LogP contribution in [0.2, 0.25) is 0 Å². The van der Waals surface area contributed by atoms with E-state index < -0.39 is 0 Å². The van der Waals surface area contributed by atoms with E-state index in [-0.39, 0.29) is 12.0 Å². The van der Waals surface area contributed by atoms with Gasteiger partial charge in [-0.1, -0.05) is 0 Å². The van der Waals surface area contributed by atoms with Gasteiger partial charge in [-0.15, -0.1) is 0 Å². The molecule has 3 heteroatoms. The first-order chi connectivity index (χ1) is 5.24. The van der Waals surface area contributed by atoms with Gasteiger partial charge >= 0.3 is 5.97 Å². The standard InChI is InChI=1S/C8H13NO2/c1-3-11-8(10)7-5-4-6(2)9-7/h7H,3-5H2,1-2H3/t7-/m0/s1. The number of esters is 1. The largest absolute Gasteiger partial charge is 0.464 e. The quantitative estimate of drug-likeness (QED) is 0.561. The summed E-state index contributed by atoms with van der Waals surface area (Å²) in [4.78, 5) is 15.2. The van der Waals surface area contributed by atoms with Crippen molar-refractivity contribution >= 4 is 11.7 Å². The van der Waals surface area contributed by atoms with Crippen molar-refractivity contribution in [3.8, 4) is 0 Å². The average Bonchev–Trinajstić information content (AvgIpc) is 2.36. The summed E-state index contributed by atoms with van der Waals surface area (Å²) >= 11 is 0. The molecule has 1 aliphatic heterocycles. The van der Waals surface area contributed by atoms with Crippen LogP contribution in [0.3, 0.4) is 0 Å². The van der Waals surface area contributed by atoms with Gasteiger partial charge in [0.2, 0.25) is 0 Å². The highest BCUT2D eigenvalue weighted by Crippen LogP contribution is 2.13. The molecule has 0 radical (unpaired) electrons. The Morgan fingerprint density at radius 2 is 2.55 bits per heavy atom. The minimum absolute atomic E-state index is 0.177. The third-order valence-electron chi connectivity index (χ3n) is 1.71. The first-order valence-electron chi connectivity index (χ1n) is 3.94. The highest BCUT2D eigenvalue weighted by Gasteiger charge is 2.22. The minimum atomic E-state index is -0.213. The normalized spacial score (nSPS) is 23.1. The Morgan fingerprint density at radius 1 is 1.82 bits per heavy atom. The number of carbonyl (C=O) groups is 1. The van der Waals surface area contributed by atoms with E-state index in [4.69, 9.17) is 4.74 Å². The van der Waals surface area contributed by atoms with E-state index in [1.807, 2.05) is 13.8 Å². The molecule has 0 unspecified atom stereocenters. The molecule has 1 atom stereocenters. The maximum Gasteiger partial charge on any atom is 0.330 e. The highest BCUT2D eigenvalue weighted by atomic mass is 16.5. The summed E-state index contributed by atoms with van der Waals surface area (Å²) in [5, 5.41) is 0. The highest BCUT2D eigenvalue weighted by molar-refractivity contribution is 5.89. The summed E-state index contributed by atoms with van der Waals surface area (Å²) in [6, 6.07) is -0.213. The van der Waals surface area contributed by atoms with Gasteiger partial charge in [0, 0.05) is 5.71 Å². The second-order valence-corrected chi connectivity index (χ2v) is 2.67. The SMILES string of the molecule is CCOC(=O)[C@@H]1CCC(C)=N1. The second-order valence-electron chi connectivity index (χ2n) is 2.67. The van der Waals surface area contributed by atoms with Crippen molar-refractivity contribution in [3.63, 3.8) is 0 Å². The van der Waals surface area contributed by atoms with Gasteiger partial charge in [0.1, 0.15) is 6.04 Å². The molecule has 3 nitrogen and oxygen atoms in total. The fourth-order valence-corrected chi connectivity index (χ4v) is 1.15. The predicted octanol–water partition coefficient (Wildman–Crippen LogP) is 1.17. The van der Waals surface area contributed by atoms with Gasteiger partial charge in [-0.3, -0.25) is 4.99 Å². The Morgan fingerprint density at radius 3 is 3.00 bits per heavy atom. The molecule has 0 fully saturated rings. The third kappa shape index (κ3) is 2.03. The number of rotatable bonds is 2. The summed E-state index contributed by atoms with van der Waals surface area (Å²) < 4.78 is 4.83. The molecule has 0 aromatic rings. The lowest BCUT2D eigenvalue weighted by Gasteiger charge is -2.04. The lowest BCUT2D eigenvalue weighted by molar-refractivity contribution is -0.144. The Bertz CT molecular complexity index is 187. The number of nitrogens with zero attached hydrogens (tertiary/aromatic N) is 1. The molecular formula is C8H13NO2. The zero-order valence-corrected chi connectivity index (χ0v) is 6.96. The molecule has 0 aromatic heterocycles. The number of aliphatic imine (C=N–C) groups is 1. The van der Waals surface area contributed by atoms with E-state index in [2.05, 4.69) is 4.99 Å². The Balaban J connectivity index is 2.43. The van der Waals surface area contributed by atoms with Crippen molar-refractivity contribution in [3.05, 3.63) is 0 Å². The minimum Gasteiger partial charge on any atom is -0.464 e. The number of ether oxygens (including phenoxy) is 1. The molecule has 1 rings (SSSR count). The van der Waals surface area contributed by atoms with Crippen LogP contribution < -0.4 is 0 Å². The van der Waals surface area contributed by atoms with Crippen molar-refractivity contribution in [2.24, 2.45) is 4.99 Å². The van der Waals surface area contributed by atoms with Gasteiger partial charge in [-0.2, -0.15) is 0 Å². The van der Waals surface area contributed by atoms with E-state index in [0.717, 1.165) is 18.6 Å². The fourth-order valence-electron chi connectivity index (χ4n) is 1.15. The molecule has 1 aliphatic rings. The van der Waals surface area contributed by atoms with Crippen molar-refractivity contribution in [1.29, 1.82) is 0 Å². The molecule has 11 heavy (non-hydrogen) atoms. The van der Waals surface area contributed by atoms with Gasteiger partial charge in [0.05, 0.1) is 6.61 Å². The topological polar surface area (TPSA) is 38.7 Å². The van der Waals surface area contributed by atoms with Gasteiger partial charge in [-0.25, -0.2) is 4.79 Å². The van der Waals surface area contributed by atoms with Crippen LogP contribution in [0.4, 0.5) is 0 Å². The first-order valence-corrected chi connectivity index (χ1v) is 3.94. The Kier molecular flexibility index (Phi) is 2.63. The summed E-state index contributed by atoms with van der Waals surface area (Å²) in [5.74, 6) is -0.177. The van der Waals surface area contributed by atoms with Gasteiger partial charge in [0.15, 0.2) is 0 Å². The summed E-state index contributed by atoms with van der Waals surface area (Å²) in [5.41, 5.74) is 1.06. The van der Waals surface area contributed by atoms with Gasteiger partial charge in [0.25, 0.3) is 0 Å². The number of hydrogen-bond acceptors (Lipinski definition) is 3. The van der Waals surface area contributed by atoms with Crippen LogP contribution in [-0.2, 0) is 9.53 Å². The Hall–Kier alpha value is -0.860. The monoisotopic (exact) mass is 155 g/mol. The van der Waals surface area contributed by atoms with Crippen LogP contribution in [0.5, 0.6) is 0 Å². The molecule has 62 valence electrons. The van der Waals surface area contributed by atoms with Crippen LogP contribution in [-0.4, -0.2) is 24.3 Å². The van der Waals surface area contributed by atoms with Crippen LogP contribution in [0.25, 0.3) is 0 Å². The van der Waals surface area contributed by atoms with E-state index >= 15 is 0 Å². The molecule has 0 amide bonds. The summed E-state index contributed by atoms with van der Waals surface area (Å²) in [6.45, 7) is 4.20. The summed E-state index contributed by atoms with van der Waals surface area (Å²) in [7, 11) is 0. The van der Waals surface area contributed by atoms with Crippen molar-refractivity contribution < 1.29 is 9.53 Å². The number of hydrogen-bond donors (Lipinski definition) is 0. The van der Waals surface area contributed by atoms with Crippen LogP contribution in [0.15, 0.2) is 4.99 Å². The maximum atomic E-state index is 11.1. The smallest absolute Gasteiger partial charge is 0.330 e. The molecule has 0 spiro atoms. The molecule has 0 bridgehead atoms. The van der Waals surface area contributed by atoms with Crippen LogP contribution in [0.1, 0.15) is 26.7 Å². The Labute approximate surface area is 66.5 Å². The molecule has 1 heterocycles. The van der Waals surface area contributed by atoms with Crippen LogP contribution >= 0.6 is 0 Å². The van der Waals surface area contributed by atoms with E-state index in [9.17, 15) is 4.79 Å². The van der Waals surface area contributed by atoms with Gasteiger partial charge in [-0.05, 0) is 26.7 Å². The van der Waals surface area contributed by atoms with E-state index in [0.29, 0.717) is 6.61 Å². The predicted molar refractivity (Wildman–Crippen MR) is 42.8 cm³/mol. The molecular weight excluding hydrogens is 142 g/mol. The van der Waals surface area contributed by atoms with E-state index in [1.54, 1.807) is 0 Å². The zero-order valence-electron chi connectivity index (χ0n) is 6.96. The van der Waals surface area contributed by atoms with Crippen molar-refractivity contribution in [2.45, 2.75) is 32.7 Å². The molecule has 0 saturated carbocycles. The summed E-state index contributed by atoms with van der Waals surface area (Å²) in [6.07, 6.45) is 1.76. The average molecular weight is 155 g/mol. The first kappa shape index (κ1) is 8.24. The lowest BCUT2D eigenvalue weighted by Crippen LogP contribution is -2.18. The van der Waals surface area contributed by atoms with Crippen molar-refractivity contribution in [2.75, 3.05) is 6.61 Å². The third-order valence-corrected chi connectivity index (χ3v) is 1.71. The zero-order chi connectivity index (χ0) is 8.27. The molecule has 0 aliphatic carbocycles. The van der Waals surface area contributed by atoms with Crippen molar-refractivity contribution in [1.82, 2.24) is 0 Å². The maximum absolute atomic E-state index is 11.1. The second kappa shape index (κ2) is 3.51. The number of carbonyl (C=O) groups excluding carboxylic acids is 1. The molecule has 0 aromatic carbocycles. The fraction of sp³-hybridized carbons (Fsp3) is 0.750. The van der Waals surface area contributed by atoms with Crippen LogP contribution in [0, 0.1) is 0 Å².